The molecule has 0 atom stereocenters. The Morgan fingerprint density at radius 1 is 1.00 bits per heavy atom. The minimum atomic E-state index is 0.266. The molecule has 2 nitrogen and oxygen atoms in total. The van der Waals surface area contributed by atoms with Crippen molar-refractivity contribution in [1.82, 2.24) is 4.90 Å². The second-order valence-corrected chi connectivity index (χ2v) is 4.95. The third-order valence-corrected chi connectivity index (χ3v) is 3.63. The number of likely N-dealkylation sites (tertiary alicyclic amines) is 1. The summed E-state index contributed by atoms with van der Waals surface area (Å²) in [6.45, 7) is 1.87. The van der Waals surface area contributed by atoms with Gasteiger partial charge in [0.05, 0.1) is 6.42 Å². The van der Waals surface area contributed by atoms with Crippen LogP contribution in [0.5, 0.6) is 0 Å². The van der Waals surface area contributed by atoms with Gasteiger partial charge in [-0.2, -0.15) is 0 Å². The highest BCUT2D eigenvalue weighted by atomic mass is 16.2. The molecule has 0 radical (unpaired) electrons. The molecule has 3 rings (SSSR count). The number of fused-ring (bicyclic) bond motifs is 1. The predicted octanol–water partition coefficient (Wildman–Crippen LogP) is 3.00. The molecule has 1 aliphatic heterocycles. The van der Waals surface area contributed by atoms with Gasteiger partial charge in [-0.3, -0.25) is 4.79 Å². The van der Waals surface area contributed by atoms with Crippen molar-refractivity contribution >= 4 is 16.7 Å². The summed E-state index contributed by atoms with van der Waals surface area (Å²) in [6.07, 6.45) is 2.84. The zero-order chi connectivity index (χ0) is 12.4. The Bertz CT molecular complexity index is 570. The van der Waals surface area contributed by atoms with E-state index >= 15 is 0 Å². The van der Waals surface area contributed by atoms with Gasteiger partial charge < -0.3 is 4.90 Å². The molecule has 2 heteroatoms. The van der Waals surface area contributed by atoms with E-state index in [0.29, 0.717) is 6.42 Å². The molecular formula is C16H17NO. The predicted molar refractivity (Wildman–Crippen MR) is 73.5 cm³/mol. The molecule has 1 amide bonds. The average molecular weight is 239 g/mol. The summed E-state index contributed by atoms with van der Waals surface area (Å²) in [7, 11) is 0. The summed E-state index contributed by atoms with van der Waals surface area (Å²) in [5.41, 5.74) is 1.12. The van der Waals surface area contributed by atoms with Gasteiger partial charge in [-0.25, -0.2) is 0 Å². The number of nitrogens with zero attached hydrogens (tertiary/aromatic N) is 1. The van der Waals surface area contributed by atoms with Gasteiger partial charge >= 0.3 is 0 Å². The molecule has 0 aliphatic carbocycles. The van der Waals surface area contributed by atoms with Crippen LogP contribution in [0.25, 0.3) is 10.8 Å². The van der Waals surface area contributed by atoms with Crippen molar-refractivity contribution in [2.75, 3.05) is 13.1 Å². The van der Waals surface area contributed by atoms with E-state index in [9.17, 15) is 4.79 Å². The Labute approximate surface area is 107 Å². The molecule has 92 valence electrons. The first kappa shape index (κ1) is 11.3. The lowest BCUT2D eigenvalue weighted by Crippen LogP contribution is -2.29. The first-order valence-electron chi connectivity index (χ1n) is 6.58. The maximum Gasteiger partial charge on any atom is 0.226 e. The topological polar surface area (TPSA) is 20.3 Å². The van der Waals surface area contributed by atoms with E-state index in [1.165, 1.54) is 10.8 Å². The van der Waals surface area contributed by atoms with Crippen molar-refractivity contribution in [2.24, 2.45) is 0 Å². The van der Waals surface area contributed by atoms with E-state index in [4.69, 9.17) is 0 Å². The third-order valence-electron chi connectivity index (χ3n) is 3.63. The first-order valence-corrected chi connectivity index (χ1v) is 6.58. The molecule has 0 spiro atoms. The summed E-state index contributed by atoms with van der Waals surface area (Å²) in [4.78, 5) is 14.1. The largest absolute Gasteiger partial charge is 0.342 e. The minimum Gasteiger partial charge on any atom is -0.342 e. The number of hydrogen-bond donors (Lipinski definition) is 0. The van der Waals surface area contributed by atoms with Crippen molar-refractivity contribution in [2.45, 2.75) is 19.3 Å². The zero-order valence-corrected chi connectivity index (χ0v) is 10.4. The Balaban J connectivity index is 1.79. The van der Waals surface area contributed by atoms with Crippen LogP contribution in [0.1, 0.15) is 18.4 Å². The van der Waals surface area contributed by atoms with E-state index in [-0.39, 0.29) is 5.91 Å². The lowest BCUT2D eigenvalue weighted by Gasteiger charge is -2.15. The van der Waals surface area contributed by atoms with E-state index < -0.39 is 0 Å². The Kier molecular flexibility index (Phi) is 3.01. The van der Waals surface area contributed by atoms with Crippen molar-refractivity contribution in [3.63, 3.8) is 0 Å². The molecule has 0 aromatic heterocycles. The normalized spacial score (nSPS) is 15.2. The summed E-state index contributed by atoms with van der Waals surface area (Å²) < 4.78 is 0. The second kappa shape index (κ2) is 4.81. The number of benzene rings is 2. The number of hydrogen-bond acceptors (Lipinski definition) is 1. The van der Waals surface area contributed by atoms with Gasteiger partial charge in [0.25, 0.3) is 0 Å². The summed E-state index contributed by atoms with van der Waals surface area (Å²) in [5, 5.41) is 2.44. The Morgan fingerprint density at radius 3 is 2.50 bits per heavy atom. The van der Waals surface area contributed by atoms with Crippen LogP contribution in [0.15, 0.2) is 42.5 Å². The van der Waals surface area contributed by atoms with E-state index in [2.05, 4.69) is 30.3 Å². The van der Waals surface area contributed by atoms with E-state index in [1.54, 1.807) is 0 Å². The lowest BCUT2D eigenvalue weighted by molar-refractivity contribution is -0.129. The molecule has 0 saturated carbocycles. The quantitative estimate of drug-likeness (QED) is 0.789. The van der Waals surface area contributed by atoms with Gasteiger partial charge in [-0.05, 0) is 29.2 Å². The number of carbonyl (C=O) groups excluding carboxylic acids is 1. The minimum absolute atomic E-state index is 0.266. The van der Waals surface area contributed by atoms with Crippen molar-refractivity contribution in [3.8, 4) is 0 Å². The lowest BCUT2D eigenvalue weighted by atomic mass is 10.0. The second-order valence-electron chi connectivity index (χ2n) is 4.95. The fourth-order valence-electron chi connectivity index (χ4n) is 2.60. The molecule has 1 saturated heterocycles. The van der Waals surface area contributed by atoms with Crippen LogP contribution in [0.2, 0.25) is 0 Å². The SMILES string of the molecule is O=C(Cc1ccc2ccccc2c1)N1CCCC1. The van der Waals surface area contributed by atoms with Gasteiger partial charge in [-0.1, -0.05) is 42.5 Å². The fraction of sp³-hybridized carbons (Fsp3) is 0.312. The molecule has 1 fully saturated rings. The zero-order valence-electron chi connectivity index (χ0n) is 10.4. The van der Waals surface area contributed by atoms with Crippen molar-refractivity contribution < 1.29 is 4.79 Å². The Morgan fingerprint density at radius 2 is 1.72 bits per heavy atom. The number of amides is 1. The van der Waals surface area contributed by atoms with Crippen LogP contribution in [0, 0.1) is 0 Å². The van der Waals surface area contributed by atoms with Gasteiger partial charge in [-0.15, -0.1) is 0 Å². The summed E-state index contributed by atoms with van der Waals surface area (Å²) in [6, 6.07) is 14.6. The standard InChI is InChI=1S/C16H17NO/c18-16(17-9-3-4-10-17)12-13-7-8-14-5-1-2-6-15(14)11-13/h1-2,5-8,11H,3-4,9-10,12H2. The maximum atomic E-state index is 12.1. The highest BCUT2D eigenvalue weighted by molar-refractivity contribution is 5.85. The summed E-state index contributed by atoms with van der Waals surface area (Å²) in [5.74, 6) is 0.266. The molecule has 0 unspecified atom stereocenters. The van der Waals surface area contributed by atoms with E-state index in [0.717, 1.165) is 31.5 Å². The summed E-state index contributed by atoms with van der Waals surface area (Å²) >= 11 is 0. The van der Waals surface area contributed by atoms with Crippen LogP contribution in [-0.2, 0) is 11.2 Å². The molecular weight excluding hydrogens is 222 g/mol. The molecule has 18 heavy (non-hydrogen) atoms. The smallest absolute Gasteiger partial charge is 0.226 e. The third kappa shape index (κ3) is 2.23. The van der Waals surface area contributed by atoms with Crippen LogP contribution in [-0.4, -0.2) is 23.9 Å². The average Bonchev–Trinajstić information content (AvgIpc) is 2.92. The monoisotopic (exact) mass is 239 g/mol. The molecule has 1 aliphatic rings. The maximum absolute atomic E-state index is 12.1. The van der Waals surface area contributed by atoms with Gasteiger partial charge in [0, 0.05) is 13.1 Å². The molecule has 1 heterocycles. The van der Waals surface area contributed by atoms with Crippen molar-refractivity contribution in [3.05, 3.63) is 48.0 Å². The highest BCUT2D eigenvalue weighted by Gasteiger charge is 2.17. The van der Waals surface area contributed by atoms with Crippen molar-refractivity contribution in [1.29, 1.82) is 0 Å². The molecule has 0 N–H and O–H groups in total. The molecule has 2 aromatic carbocycles. The van der Waals surface area contributed by atoms with Crippen LogP contribution in [0.3, 0.4) is 0 Å². The number of rotatable bonds is 2. The number of carbonyl (C=O) groups is 1. The van der Waals surface area contributed by atoms with Crippen LogP contribution >= 0.6 is 0 Å². The first-order chi connectivity index (χ1) is 8.83. The highest BCUT2D eigenvalue weighted by Crippen LogP contribution is 2.17. The van der Waals surface area contributed by atoms with Gasteiger partial charge in [0.2, 0.25) is 5.91 Å². The van der Waals surface area contributed by atoms with Crippen LogP contribution in [0.4, 0.5) is 0 Å². The van der Waals surface area contributed by atoms with Gasteiger partial charge in [0.1, 0.15) is 0 Å². The van der Waals surface area contributed by atoms with Gasteiger partial charge in [0.15, 0.2) is 0 Å². The Hall–Kier alpha value is -1.83. The molecule has 2 aromatic rings. The van der Waals surface area contributed by atoms with E-state index in [1.807, 2.05) is 17.0 Å². The fourth-order valence-corrected chi connectivity index (χ4v) is 2.60. The van der Waals surface area contributed by atoms with Crippen LogP contribution < -0.4 is 0 Å². The molecule has 0 bridgehead atoms.